The van der Waals surface area contributed by atoms with Gasteiger partial charge in [0.1, 0.15) is 0 Å². The zero-order valence-corrected chi connectivity index (χ0v) is 14.8. The van der Waals surface area contributed by atoms with E-state index in [1.54, 1.807) is 20.2 Å². The van der Waals surface area contributed by atoms with Crippen LogP contribution in [-0.2, 0) is 10.1 Å². The maximum absolute atomic E-state index is 12.2. The second-order valence-electron chi connectivity index (χ2n) is 6.35. The minimum absolute atomic E-state index is 0.126. The van der Waals surface area contributed by atoms with Crippen molar-refractivity contribution in [1.82, 2.24) is 10.9 Å². The van der Waals surface area contributed by atoms with Crippen molar-refractivity contribution in [2.24, 2.45) is 11.5 Å². The Bertz CT molecular complexity index is 711. The number of likely N-dealkylation sites (N-methyl/N-ethyl adjacent to an activating group) is 2. The molecule has 0 fully saturated rings. The summed E-state index contributed by atoms with van der Waals surface area (Å²) >= 11 is 0. The number of nitrogens with two attached hydrogens (primary N) is 2. The first-order valence-electron chi connectivity index (χ1n) is 6.85. The van der Waals surface area contributed by atoms with Gasteiger partial charge < -0.3 is 11.5 Å². The molecule has 11 nitrogen and oxygen atoms in total. The zero-order valence-electron chi connectivity index (χ0n) is 14.0. The molecule has 0 saturated heterocycles. The van der Waals surface area contributed by atoms with Gasteiger partial charge in [0.05, 0.1) is 34.3 Å². The minimum atomic E-state index is -4.69. The number of hydrogen-bond donors (Lipinski definition) is 5. The molecule has 1 aliphatic carbocycles. The highest BCUT2D eigenvalue weighted by Gasteiger charge is 2.58. The van der Waals surface area contributed by atoms with E-state index in [-0.39, 0.29) is 11.0 Å². The molecule has 1 rings (SSSR count). The minimum Gasteiger partial charge on any atom is -0.348 e. The first-order valence-corrected chi connectivity index (χ1v) is 8.29. The summed E-state index contributed by atoms with van der Waals surface area (Å²) < 4.78 is 33.3. The molecule has 0 aromatic rings. The molecular weight excluding hydrogens is 340 g/mol. The number of allylic oxidation sites excluding steroid dienone is 1. The van der Waals surface area contributed by atoms with Crippen LogP contribution in [0.15, 0.2) is 23.9 Å². The van der Waals surface area contributed by atoms with Crippen molar-refractivity contribution >= 4 is 22.2 Å². The Hall–Kier alpha value is -2.15. The van der Waals surface area contributed by atoms with Crippen molar-refractivity contribution in [3.05, 3.63) is 23.9 Å². The molecular formula is C12H24N6O5S+2. The van der Waals surface area contributed by atoms with Crippen LogP contribution in [0, 0.1) is 0 Å². The van der Waals surface area contributed by atoms with Gasteiger partial charge in [0, 0.05) is 6.42 Å². The van der Waals surface area contributed by atoms with Gasteiger partial charge in [0.2, 0.25) is 0 Å². The van der Waals surface area contributed by atoms with Gasteiger partial charge in [0.25, 0.3) is 4.87 Å². The predicted molar refractivity (Wildman–Crippen MR) is 85.8 cm³/mol. The van der Waals surface area contributed by atoms with Crippen LogP contribution in [0.2, 0.25) is 0 Å². The summed E-state index contributed by atoms with van der Waals surface area (Å²) in [5.41, 5.74) is 15.3. The average molecular weight is 364 g/mol. The molecule has 0 aromatic heterocycles. The molecule has 0 saturated carbocycles. The largest absolute Gasteiger partial charge is 0.356 e. The standard InChI is InChI=1S/C12H22N6O5S/c1-17(2,15-10(13)19)9-6-5-7-12(8-9,24(21,22)23)18(3,4)16-11(14)20/h5-6,8H,7H2,1-4H3,(H5-2,13,14,15,16,19,20,21,22,23)/p+2. The van der Waals surface area contributed by atoms with Crippen LogP contribution in [0.4, 0.5) is 9.59 Å². The molecule has 1 atom stereocenters. The van der Waals surface area contributed by atoms with Gasteiger partial charge in [-0.1, -0.05) is 6.08 Å². The van der Waals surface area contributed by atoms with Crippen molar-refractivity contribution < 1.29 is 31.7 Å². The Morgan fingerprint density at radius 2 is 1.67 bits per heavy atom. The SMILES string of the molecule is C[N+](C)(NC(N)=O)C1=CC([N+](C)(C)NC(N)=O)(S(=O)(=O)O)CC=C1. The number of carbonyl (C=O) groups excluding carboxylic acids is 2. The lowest BCUT2D eigenvalue weighted by Gasteiger charge is -2.44. The van der Waals surface area contributed by atoms with Gasteiger partial charge in [-0.2, -0.15) is 23.9 Å². The highest BCUT2D eigenvalue weighted by Crippen LogP contribution is 2.36. The van der Waals surface area contributed by atoms with Crippen molar-refractivity contribution in [3.8, 4) is 0 Å². The van der Waals surface area contributed by atoms with Crippen molar-refractivity contribution in [1.29, 1.82) is 0 Å². The summed E-state index contributed by atoms with van der Waals surface area (Å²) in [6.45, 7) is 0. The summed E-state index contributed by atoms with van der Waals surface area (Å²) in [6, 6.07) is -1.78. The van der Waals surface area contributed by atoms with Crippen LogP contribution < -0.4 is 22.3 Å². The van der Waals surface area contributed by atoms with Crippen LogP contribution in [0.5, 0.6) is 0 Å². The van der Waals surface area contributed by atoms with E-state index < -0.39 is 31.6 Å². The lowest BCUT2D eigenvalue weighted by Crippen LogP contribution is -2.71. The van der Waals surface area contributed by atoms with Crippen LogP contribution in [0.3, 0.4) is 0 Å². The van der Waals surface area contributed by atoms with E-state index in [2.05, 4.69) is 10.9 Å². The molecule has 12 heteroatoms. The molecule has 1 unspecified atom stereocenters. The first kappa shape index (κ1) is 19.9. The smallest absolute Gasteiger partial charge is 0.348 e. The van der Waals surface area contributed by atoms with Gasteiger partial charge in [-0.05, 0) is 6.08 Å². The fourth-order valence-corrected chi connectivity index (χ4v) is 3.80. The number of carbonyl (C=O) groups is 2. The van der Waals surface area contributed by atoms with Crippen molar-refractivity contribution in [3.63, 3.8) is 0 Å². The summed E-state index contributed by atoms with van der Waals surface area (Å²) in [7, 11) is 1.16. The van der Waals surface area contributed by atoms with E-state index in [1.807, 2.05) is 0 Å². The maximum atomic E-state index is 12.2. The van der Waals surface area contributed by atoms with Gasteiger partial charge in [-0.3, -0.25) is 4.55 Å². The third-order valence-corrected chi connectivity index (χ3v) is 5.52. The van der Waals surface area contributed by atoms with E-state index in [9.17, 15) is 22.6 Å². The quantitative estimate of drug-likeness (QED) is 0.233. The first-order chi connectivity index (χ1) is 10.6. The molecule has 0 aromatic carbocycles. The number of rotatable bonds is 5. The van der Waals surface area contributed by atoms with E-state index >= 15 is 0 Å². The van der Waals surface area contributed by atoms with E-state index in [1.165, 1.54) is 26.2 Å². The molecule has 24 heavy (non-hydrogen) atoms. The number of primary amides is 2. The van der Waals surface area contributed by atoms with Crippen LogP contribution >= 0.6 is 0 Å². The number of quaternary nitrogens is 2. The predicted octanol–water partition coefficient (Wildman–Crippen LogP) is -1.27. The topological polar surface area (TPSA) is 165 Å². The number of nitrogens with one attached hydrogen (secondary N) is 2. The summed E-state index contributed by atoms with van der Waals surface area (Å²) in [6.07, 6.45) is 4.23. The van der Waals surface area contributed by atoms with Crippen LogP contribution in [0.1, 0.15) is 6.42 Å². The molecule has 1 aliphatic rings. The second-order valence-corrected chi connectivity index (χ2v) is 8.01. The highest BCUT2D eigenvalue weighted by molar-refractivity contribution is 7.87. The maximum Gasteiger partial charge on any atom is 0.356 e. The summed E-state index contributed by atoms with van der Waals surface area (Å²) in [5.74, 6) is 0. The molecule has 7 N–H and O–H groups in total. The Balaban J connectivity index is 3.56. The molecule has 0 heterocycles. The molecule has 0 bridgehead atoms. The van der Waals surface area contributed by atoms with Crippen molar-refractivity contribution in [2.75, 3.05) is 28.2 Å². The lowest BCUT2D eigenvalue weighted by atomic mass is 10.0. The van der Waals surface area contributed by atoms with Crippen LogP contribution in [-0.4, -0.2) is 67.3 Å². The normalized spacial score (nSPS) is 21.8. The second kappa shape index (κ2) is 6.05. The molecule has 0 aliphatic heterocycles. The van der Waals surface area contributed by atoms with E-state index in [0.717, 1.165) is 0 Å². The zero-order chi connectivity index (χ0) is 19.0. The van der Waals surface area contributed by atoms with Crippen molar-refractivity contribution in [2.45, 2.75) is 11.3 Å². The van der Waals surface area contributed by atoms with Gasteiger partial charge in [-0.25, -0.2) is 14.2 Å². The third kappa shape index (κ3) is 3.67. The number of amides is 4. The highest BCUT2D eigenvalue weighted by atomic mass is 32.2. The van der Waals surface area contributed by atoms with Gasteiger partial charge in [-0.15, -0.1) is 0 Å². The van der Waals surface area contributed by atoms with Gasteiger partial charge in [0.15, 0.2) is 5.70 Å². The Morgan fingerprint density at radius 3 is 2.08 bits per heavy atom. The lowest BCUT2D eigenvalue weighted by molar-refractivity contribution is -0.953. The van der Waals surface area contributed by atoms with E-state index in [4.69, 9.17) is 11.5 Å². The Morgan fingerprint density at radius 1 is 1.17 bits per heavy atom. The monoisotopic (exact) mass is 364 g/mol. The number of hydrogen-bond acceptors (Lipinski definition) is 4. The fourth-order valence-electron chi connectivity index (χ4n) is 2.60. The van der Waals surface area contributed by atoms with E-state index in [0.29, 0.717) is 5.70 Å². The number of urea groups is 2. The summed E-state index contributed by atoms with van der Waals surface area (Å²) in [5, 5.41) is 0. The third-order valence-electron chi connectivity index (χ3n) is 3.89. The molecule has 0 spiro atoms. The average Bonchev–Trinajstić information content (AvgIpc) is 2.34. The Kier molecular flexibility index (Phi) is 5.02. The Labute approximate surface area is 140 Å². The molecule has 4 amide bonds. The fraction of sp³-hybridized carbons (Fsp3) is 0.500. The van der Waals surface area contributed by atoms with Gasteiger partial charge >= 0.3 is 22.2 Å². The molecule has 136 valence electrons. The molecule has 0 radical (unpaired) electrons. The van der Waals surface area contributed by atoms with Crippen LogP contribution in [0.25, 0.3) is 0 Å². The summed E-state index contributed by atoms with van der Waals surface area (Å²) in [4.78, 5) is 20.5. The number of nitrogens with zero attached hydrogens (tertiary/aromatic N) is 2.